The average Bonchev–Trinajstić information content (AvgIpc) is 3.32. The van der Waals surface area contributed by atoms with E-state index in [1.165, 1.54) is 25.3 Å². The molecule has 0 unspecified atom stereocenters. The molecule has 2 heterocycles. The molecule has 1 aromatic carbocycles. The number of aryl methyl sites for hydroxylation is 1. The second kappa shape index (κ2) is 7.86. The summed E-state index contributed by atoms with van der Waals surface area (Å²) in [4.78, 5) is 28.9. The zero-order chi connectivity index (χ0) is 19.4. The van der Waals surface area contributed by atoms with E-state index in [-0.39, 0.29) is 11.3 Å². The highest BCUT2D eigenvalue weighted by Gasteiger charge is 2.26. The number of aromatic nitrogens is 2. The van der Waals surface area contributed by atoms with Gasteiger partial charge in [-0.25, -0.2) is 9.37 Å². The first-order chi connectivity index (χ1) is 13.0. The number of benzene rings is 1. The highest BCUT2D eigenvalue weighted by Crippen LogP contribution is 2.23. The maximum atomic E-state index is 14.3. The number of halogens is 1. The summed E-state index contributed by atoms with van der Waals surface area (Å²) in [7, 11) is 1.75. The Morgan fingerprint density at radius 2 is 1.96 bits per heavy atom. The fourth-order valence-electron chi connectivity index (χ4n) is 2.65. The van der Waals surface area contributed by atoms with E-state index < -0.39 is 29.7 Å². The topological polar surface area (TPSA) is 89.2 Å². The molecule has 2 amide bonds. The molecule has 7 nitrogen and oxygen atoms in total. The molecule has 3 aromatic rings. The van der Waals surface area contributed by atoms with Crippen molar-refractivity contribution >= 4 is 11.8 Å². The summed E-state index contributed by atoms with van der Waals surface area (Å²) in [5, 5.41) is 5.31. The molecule has 3 rings (SSSR count). The summed E-state index contributed by atoms with van der Waals surface area (Å²) in [5.41, 5.74) is 0.282. The third-order valence-corrected chi connectivity index (χ3v) is 4.11. The third-order valence-electron chi connectivity index (χ3n) is 4.11. The van der Waals surface area contributed by atoms with Gasteiger partial charge in [-0.1, -0.05) is 18.2 Å². The largest absolute Gasteiger partial charge is 0.459 e. The number of nitrogens with one attached hydrogen (secondary N) is 2. The van der Waals surface area contributed by atoms with Gasteiger partial charge in [-0.3, -0.25) is 9.59 Å². The van der Waals surface area contributed by atoms with Crippen LogP contribution in [-0.2, 0) is 11.8 Å². The highest BCUT2D eigenvalue weighted by atomic mass is 19.1. The summed E-state index contributed by atoms with van der Waals surface area (Å²) >= 11 is 0. The van der Waals surface area contributed by atoms with Crippen LogP contribution in [0.4, 0.5) is 4.39 Å². The molecule has 0 saturated carbocycles. The van der Waals surface area contributed by atoms with Crippen LogP contribution in [0.15, 0.2) is 59.5 Å². The Balaban J connectivity index is 1.80. The second-order valence-corrected chi connectivity index (χ2v) is 6.03. The second-order valence-electron chi connectivity index (χ2n) is 6.03. The molecule has 0 radical (unpaired) electrons. The number of rotatable bonds is 6. The molecule has 140 valence electrons. The molecule has 2 N–H and O–H groups in total. The Labute approximate surface area is 155 Å². The molecule has 2 aromatic heterocycles. The van der Waals surface area contributed by atoms with Gasteiger partial charge in [0.25, 0.3) is 5.91 Å². The van der Waals surface area contributed by atoms with E-state index in [0.717, 1.165) is 0 Å². The van der Waals surface area contributed by atoms with Crippen LogP contribution in [0.2, 0.25) is 0 Å². The number of imidazole rings is 1. The first-order valence-electron chi connectivity index (χ1n) is 8.33. The normalized spacial score (nSPS) is 13.0. The van der Waals surface area contributed by atoms with Crippen LogP contribution in [0.3, 0.4) is 0 Å². The first-order valence-corrected chi connectivity index (χ1v) is 8.33. The van der Waals surface area contributed by atoms with Gasteiger partial charge in [0.1, 0.15) is 23.7 Å². The highest BCUT2D eigenvalue weighted by molar-refractivity contribution is 5.95. The summed E-state index contributed by atoms with van der Waals surface area (Å²) in [6.07, 6.45) is 4.64. The van der Waals surface area contributed by atoms with Crippen molar-refractivity contribution in [3.8, 4) is 0 Å². The lowest BCUT2D eigenvalue weighted by molar-refractivity contribution is -0.123. The van der Waals surface area contributed by atoms with Gasteiger partial charge in [0, 0.05) is 25.0 Å². The third kappa shape index (κ3) is 4.05. The molecule has 0 bridgehead atoms. The molecule has 27 heavy (non-hydrogen) atoms. The minimum absolute atomic E-state index is 0.101. The lowest BCUT2D eigenvalue weighted by Crippen LogP contribution is -2.46. The number of hydrogen-bond donors (Lipinski definition) is 2. The number of carbonyl (C=O) groups excluding carboxylic acids is 2. The maximum Gasteiger partial charge on any atom is 0.287 e. The lowest BCUT2D eigenvalue weighted by Gasteiger charge is -2.22. The Morgan fingerprint density at radius 1 is 1.19 bits per heavy atom. The maximum absolute atomic E-state index is 14.3. The number of amides is 2. The van der Waals surface area contributed by atoms with Crippen molar-refractivity contribution in [1.29, 1.82) is 0 Å². The van der Waals surface area contributed by atoms with Crippen LogP contribution in [0.5, 0.6) is 0 Å². The van der Waals surface area contributed by atoms with E-state index in [9.17, 15) is 14.0 Å². The molecule has 0 aliphatic rings. The molecule has 0 saturated heterocycles. The van der Waals surface area contributed by atoms with Crippen molar-refractivity contribution in [3.05, 3.63) is 78.0 Å². The van der Waals surface area contributed by atoms with E-state index in [4.69, 9.17) is 4.42 Å². The van der Waals surface area contributed by atoms with Crippen LogP contribution in [0.25, 0.3) is 0 Å². The Kier molecular flexibility index (Phi) is 5.35. The van der Waals surface area contributed by atoms with Crippen LogP contribution in [-0.4, -0.2) is 27.4 Å². The molecule has 0 spiro atoms. The zero-order valence-corrected chi connectivity index (χ0v) is 14.8. The van der Waals surface area contributed by atoms with Gasteiger partial charge >= 0.3 is 0 Å². The lowest BCUT2D eigenvalue weighted by atomic mass is 10.0. The van der Waals surface area contributed by atoms with Crippen molar-refractivity contribution in [2.45, 2.75) is 19.0 Å². The van der Waals surface area contributed by atoms with Gasteiger partial charge in [-0.15, -0.1) is 0 Å². The molecule has 0 fully saturated rings. The van der Waals surface area contributed by atoms with Gasteiger partial charge in [-0.2, -0.15) is 0 Å². The Morgan fingerprint density at radius 3 is 2.59 bits per heavy atom. The van der Waals surface area contributed by atoms with E-state index in [0.29, 0.717) is 5.82 Å². The van der Waals surface area contributed by atoms with Crippen LogP contribution in [0.1, 0.15) is 34.9 Å². The number of hydrogen-bond acceptors (Lipinski definition) is 4. The van der Waals surface area contributed by atoms with E-state index in [1.54, 1.807) is 48.3 Å². The number of furan rings is 1. The van der Waals surface area contributed by atoms with Gasteiger partial charge in [0.2, 0.25) is 5.91 Å². The van der Waals surface area contributed by atoms with E-state index >= 15 is 0 Å². The van der Waals surface area contributed by atoms with E-state index in [2.05, 4.69) is 15.6 Å². The molecule has 0 aliphatic heterocycles. The smallest absolute Gasteiger partial charge is 0.287 e. The van der Waals surface area contributed by atoms with Gasteiger partial charge in [-0.05, 0) is 25.1 Å². The fourth-order valence-corrected chi connectivity index (χ4v) is 2.65. The summed E-state index contributed by atoms with van der Waals surface area (Å²) < 4.78 is 21.0. The van der Waals surface area contributed by atoms with Gasteiger partial charge in [0.15, 0.2) is 5.76 Å². The predicted octanol–water partition coefficient (Wildman–Crippen LogP) is 2.18. The van der Waals surface area contributed by atoms with Crippen LogP contribution in [0, 0.1) is 5.82 Å². The van der Waals surface area contributed by atoms with Crippen molar-refractivity contribution in [1.82, 2.24) is 20.2 Å². The molecular formula is C19H19FN4O3. The molecule has 2 atom stereocenters. The Hall–Kier alpha value is -3.42. The first kappa shape index (κ1) is 18.4. The van der Waals surface area contributed by atoms with Crippen LogP contribution < -0.4 is 10.6 Å². The quantitative estimate of drug-likeness (QED) is 0.696. The fraction of sp³-hybridized carbons (Fsp3) is 0.211. The van der Waals surface area contributed by atoms with Crippen LogP contribution >= 0.6 is 0 Å². The monoisotopic (exact) mass is 370 g/mol. The summed E-state index contributed by atoms with van der Waals surface area (Å²) in [6.45, 7) is 1.53. The number of nitrogens with zero attached hydrogens (tertiary/aromatic N) is 2. The number of carbonyl (C=O) groups is 2. The molecule has 0 aliphatic carbocycles. The molecule has 8 heteroatoms. The van der Waals surface area contributed by atoms with Crippen molar-refractivity contribution in [2.75, 3.05) is 0 Å². The minimum Gasteiger partial charge on any atom is -0.459 e. The van der Waals surface area contributed by atoms with Crippen molar-refractivity contribution < 1.29 is 18.4 Å². The van der Waals surface area contributed by atoms with Gasteiger partial charge in [0.05, 0.1) is 6.26 Å². The van der Waals surface area contributed by atoms with E-state index in [1.807, 2.05) is 0 Å². The summed E-state index contributed by atoms with van der Waals surface area (Å²) in [5.74, 6) is -0.881. The Bertz CT molecular complexity index is 936. The van der Waals surface area contributed by atoms with Gasteiger partial charge < -0.3 is 19.6 Å². The average molecular weight is 370 g/mol. The minimum atomic E-state index is -0.864. The SMILES string of the molecule is C[C@@H](NC(=O)c1ccco1)C(=O)N[C@H](c1ccccc1F)c1nccn1C. The standard InChI is InChI=1S/C19H19FN4O3/c1-12(22-19(26)15-8-5-11-27-15)18(25)23-16(17-21-9-10-24(17)2)13-6-3-4-7-14(13)20/h3-12,16H,1-2H3,(H,22,26)(H,23,25)/t12-,16-/m1/s1. The zero-order valence-electron chi connectivity index (χ0n) is 14.8. The molecular weight excluding hydrogens is 351 g/mol. The predicted molar refractivity (Wildman–Crippen MR) is 95.2 cm³/mol. The summed E-state index contributed by atoms with van der Waals surface area (Å²) in [6, 6.07) is 7.56. The van der Waals surface area contributed by atoms with Crippen molar-refractivity contribution in [2.24, 2.45) is 7.05 Å². The van der Waals surface area contributed by atoms with Crippen molar-refractivity contribution in [3.63, 3.8) is 0 Å².